The second-order valence-electron chi connectivity index (χ2n) is 7.24. The van der Waals surface area contributed by atoms with Crippen molar-refractivity contribution in [3.63, 3.8) is 0 Å². The molecule has 0 aliphatic carbocycles. The van der Waals surface area contributed by atoms with Crippen LogP contribution < -0.4 is 25.4 Å². The molecular weight excluding hydrogens is 569 g/mol. The Balaban J connectivity index is 1.99. The van der Waals surface area contributed by atoms with Crippen molar-refractivity contribution < 1.29 is 23.8 Å². The van der Waals surface area contributed by atoms with Crippen molar-refractivity contribution in [2.45, 2.75) is 6.04 Å². The van der Waals surface area contributed by atoms with Crippen LogP contribution in [0.15, 0.2) is 61.3 Å². The molecule has 2 aromatic rings. The van der Waals surface area contributed by atoms with Gasteiger partial charge in [0, 0.05) is 5.70 Å². The van der Waals surface area contributed by atoms with Crippen LogP contribution in [0.2, 0.25) is 0 Å². The summed E-state index contributed by atoms with van der Waals surface area (Å²) < 4.78 is 16.9. The molecule has 1 fully saturated rings. The quantitative estimate of drug-likeness (QED) is 0.183. The zero-order valence-electron chi connectivity index (χ0n) is 18.6. The summed E-state index contributed by atoms with van der Waals surface area (Å²) in [6.07, 6.45) is 1.65. The first-order chi connectivity index (χ1) is 16.3. The summed E-state index contributed by atoms with van der Waals surface area (Å²) in [7, 11) is 2.83. The number of methoxy groups -OCH3 is 2. The molecular formula is C24H24IN3O5S. The second kappa shape index (κ2) is 11.3. The Morgan fingerprint density at radius 2 is 2.00 bits per heavy atom. The van der Waals surface area contributed by atoms with Gasteiger partial charge in [0.2, 0.25) is 5.91 Å². The Kier molecular flexibility index (Phi) is 8.51. The van der Waals surface area contributed by atoms with Crippen LogP contribution in [0.1, 0.15) is 22.0 Å². The number of ether oxygens (including phenoxy) is 3. The molecule has 8 nitrogen and oxygen atoms in total. The van der Waals surface area contributed by atoms with Gasteiger partial charge in [-0.25, -0.2) is 4.79 Å². The van der Waals surface area contributed by atoms with E-state index in [9.17, 15) is 9.59 Å². The molecule has 34 heavy (non-hydrogen) atoms. The maximum absolute atomic E-state index is 13.5. The Morgan fingerprint density at radius 3 is 2.68 bits per heavy atom. The average molecular weight is 593 g/mol. The molecule has 3 N–H and O–H groups in total. The smallest absolute Gasteiger partial charge is 0.339 e. The zero-order valence-corrected chi connectivity index (χ0v) is 21.6. The molecule has 1 aliphatic rings. The van der Waals surface area contributed by atoms with Gasteiger partial charge in [-0.2, -0.15) is 0 Å². The fourth-order valence-corrected chi connectivity index (χ4v) is 4.60. The minimum atomic E-state index is -0.766. The van der Waals surface area contributed by atoms with Gasteiger partial charge in [-0.05, 0) is 64.6 Å². The fraction of sp³-hybridized carbons (Fsp3) is 0.208. The van der Waals surface area contributed by atoms with Crippen LogP contribution in [0.5, 0.6) is 11.5 Å². The molecule has 2 atom stereocenters. The summed E-state index contributed by atoms with van der Waals surface area (Å²) in [6.45, 7) is 8.02. The molecule has 3 rings (SSSR count). The molecule has 1 saturated heterocycles. The highest BCUT2D eigenvalue weighted by molar-refractivity contribution is 14.1. The predicted molar refractivity (Wildman–Crippen MR) is 142 cm³/mol. The number of para-hydroxylation sites is 1. The first kappa shape index (κ1) is 25.5. The number of thiocarbonyl (C=S) groups is 1. The molecule has 0 unspecified atom stereocenters. The third kappa shape index (κ3) is 5.50. The van der Waals surface area contributed by atoms with Crippen molar-refractivity contribution in [3.05, 3.63) is 76.0 Å². The van der Waals surface area contributed by atoms with Crippen molar-refractivity contribution in [1.82, 2.24) is 10.6 Å². The van der Waals surface area contributed by atoms with Crippen LogP contribution in [-0.4, -0.2) is 37.8 Å². The molecule has 178 valence electrons. The van der Waals surface area contributed by atoms with Crippen molar-refractivity contribution in [1.29, 1.82) is 0 Å². The van der Waals surface area contributed by atoms with Crippen LogP contribution in [0.25, 0.3) is 0 Å². The lowest BCUT2D eigenvalue weighted by atomic mass is 9.88. The minimum Gasteiger partial charge on any atom is -0.493 e. The standard InChI is InChI=1S/C24H24IN3O5S/c1-5-10-33-21-16(25)11-14(12-18(21)31-3)20-19(13(2)26-24(34)28-20)22(29)27-17-9-7-6-8-15(17)23(30)32-4/h5-9,11-12,19-20H,1-2,10H2,3-4H3,(H,27,29)(H2,26,28,34)/t19-,20+/m0/s1. The second-order valence-corrected chi connectivity index (χ2v) is 8.81. The van der Waals surface area contributed by atoms with E-state index in [1.165, 1.54) is 7.11 Å². The van der Waals surface area contributed by atoms with E-state index in [1.807, 2.05) is 6.07 Å². The number of benzene rings is 2. The van der Waals surface area contributed by atoms with E-state index in [4.69, 9.17) is 26.4 Å². The number of carbonyl (C=O) groups excluding carboxylic acids is 2. The van der Waals surface area contributed by atoms with Crippen LogP contribution in [0.3, 0.4) is 0 Å². The molecule has 10 heteroatoms. The first-order valence-corrected chi connectivity index (χ1v) is 11.6. The van der Waals surface area contributed by atoms with Gasteiger partial charge in [0.15, 0.2) is 16.6 Å². The third-order valence-corrected chi connectivity index (χ3v) is 6.12. The summed E-state index contributed by atoms with van der Waals surface area (Å²) in [5, 5.41) is 9.26. The van der Waals surface area contributed by atoms with E-state index in [-0.39, 0.29) is 11.5 Å². The number of halogens is 1. The number of amides is 1. The monoisotopic (exact) mass is 593 g/mol. The molecule has 0 radical (unpaired) electrons. The highest BCUT2D eigenvalue weighted by Gasteiger charge is 2.37. The van der Waals surface area contributed by atoms with Crippen LogP contribution in [0.4, 0.5) is 5.69 Å². The van der Waals surface area contributed by atoms with Gasteiger partial charge in [-0.1, -0.05) is 31.4 Å². The van der Waals surface area contributed by atoms with E-state index < -0.39 is 17.9 Å². The minimum absolute atomic E-state index is 0.243. The Morgan fingerprint density at radius 1 is 1.26 bits per heavy atom. The van der Waals surface area contributed by atoms with Gasteiger partial charge in [0.1, 0.15) is 12.5 Å². The van der Waals surface area contributed by atoms with E-state index in [0.717, 1.165) is 9.13 Å². The number of anilines is 1. The van der Waals surface area contributed by atoms with Crippen LogP contribution in [-0.2, 0) is 9.53 Å². The maximum atomic E-state index is 13.5. The lowest BCUT2D eigenvalue weighted by Crippen LogP contribution is -2.51. The van der Waals surface area contributed by atoms with Gasteiger partial charge in [0.05, 0.1) is 35.1 Å². The van der Waals surface area contributed by atoms with Gasteiger partial charge in [0.25, 0.3) is 0 Å². The summed E-state index contributed by atoms with van der Waals surface area (Å²) in [4.78, 5) is 25.6. The summed E-state index contributed by atoms with van der Waals surface area (Å²) in [6, 6.07) is 9.75. The van der Waals surface area contributed by atoms with Crippen molar-refractivity contribution in [3.8, 4) is 11.5 Å². The number of hydrogen-bond donors (Lipinski definition) is 3. The topological polar surface area (TPSA) is 97.9 Å². The molecule has 1 heterocycles. The lowest BCUT2D eigenvalue weighted by Gasteiger charge is -2.35. The SMILES string of the molecule is C=CCOc1c(I)cc([C@H]2NC(=S)NC(=C)[C@@H]2C(=O)Nc2ccccc2C(=O)OC)cc1OC. The van der Waals surface area contributed by atoms with Crippen molar-refractivity contribution in [2.75, 3.05) is 26.1 Å². The molecule has 1 amide bonds. The van der Waals surface area contributed by atoms with E-state index in [0.29, 0.717) is 34.6 Å². The van der Waals surface area contributed by atoms with E-state index in [1.54, 1.807) is 43.5 Å². The predicted octanol–water partition coefficient (Wildman–Crippen LogP) is 3.94. The van der Waals surface area contributed by atoms with E-state index >= 15 is 0 Å². The Bertz CT molecular complexity index is 1150. The number of carbonyl (C=O) groups is 2. The summed E-state index contributed by atoms with van der Waals surface area (Å²) >= 11 is 7.48. The highest BCUT2D eigenvalue weighted by atomic mass is 127. The first-order valence-electron chi connectivity index (χ1n) is 10.2. The number of rotatable bonds is 8. The average Bonchev–Trinajstić information content (AvgIpc) is 2.82. The van der Waals surface area contributed by atoms with Crippen molar-refractivity contribution >= 4 is 57.5 Å². The summed E-state index contributed by atoms with van der Waals surface area (Å²) in [5.74, 6) is -0.611. The zero-order chi connectivity index (χ0) is 24.8. The Hall–Kier alpha value is -3.12. The molecule has 0 saturated carbocycles. The molecule has 0 aromatic heterocycles. The molecule has 0 spiro atoms. The number of nitrogens with one attached hydrogen (secondary N) is 3. The van der Waals surface area contributed by atoms with Gasteiger partial charge < -0.3 is 30.2 Å². The normalized spacial score (nSPS) is 17.1. The van der Waals surface area contributed by atoms with Gasteiger partial charge in [-0.3, -0.25) is 4.79 Å². The van der Waals surface area contributed by atoms with Gasteiger partial charge in [-0.15, -0.1) is 0 Å². The fourth-order valence-electron chi connectivity index (χ4n) is 3.56. The molecule has 1 aliphatic heterocycles. The largest absolute Gasteiger partial charge is 0.493 e. The molecule has 0 bridgehead atoms. The number of esters is 1. The van der Waals surface area contributed by atoms with Crippen LogP contribution >= 0.6 is 34.8 Å². The lowest BCUT2D eigenvalue weighted by molar-refractivity contribution is -0.119. The summed E-state index contributed by atoms with van der Waals surface area (Å²) in [5.41, 5.74) is 1.74. The van der Waals surface area contributed by atoms with E-state index in [2.05, 4.69) is 51.7 Å². The molecule has 2 aromatic carbocycles. The third-order valence-electron chi connectivity index (χ3n) is 5.10. The number of hydrogen-bond acceptors (Lipinski definition) is 6. The van der Waals surface area contributed by atoms with Crippen molar-refractivity contribution in [2.24, 2.45) is 5.92 Å². The highest BCUT2D eigenvalue weighted by Crippen LogP contribution is 2.39. The maximum Gasteiger partial charge on any atom is 0.339 e. The van der Waals surface area contributed by atoms with Crippen LogP contribution in [0, 0.1) is 9.49 Å². The Labute approximate surface area is 216 Å². The van der Waals surface area contributed by atoms with Gasteiger partial charge >= 0.3 is 5.97 Å².